The summed E-state index contributed by atoms with van der Waals surface area (Å²) in [7, 11) is 0. The minimum absolute atomic E-state index is 0.196. The van der Waals surface area contributed by atoms with Gasteiger partial charge in [0.1, 0.15) is 0 Å². The van der Waals surface area contributed by atoms with Crippen LogP contribution in [0, 0.1) is 0 Å². The molecule has 0 atom stereocenters. The van der Waals surface area contributed by atoms with E-state index in [0.29, 0.717) is 6.42 Å². The van der Waals surface area contributed by atoms with Crippen LogP contribution >= 0.6 is 0 Å². The Morgan fingerprint density at radius 2 is 1.53 bits per heavy atom. The predicted octanol–water partition coefficient (Wildman–Crippen LogP) is 4.39. The molecule has 1 nitrogen and oxygen atoms in total. The van der Waals surface area contributed by atoms with Crippen molar-refractivity contribution in [2.45, 2.75) is 6.42 Å². The van der Waals surface area contributed by atoms with Crippen LogP contribution in [0.1, 0.15) is 12.0 Å². The predicted molar refractivity (Wildman–Crippen MR) is 82.2 cm³/mol. The summed E-state index contributed by atoms with van der Waals surface area (Å²) in [6.45, 7) is 0.196. The summed E-state index contributed by atoms with van der Waals surface area (Å²) in [5, 5.41) is 14.0. The molecule has 19 heavy (non-hydrogen) atoms. The molecule has 0 aliphatic heterocycles. The number of aliphatic hydroxyl groups excluding tert-OH is 1. The summed E-state index contributed by atoms with van der Waals surface area (Å²) in [6, 6.07) is 19.1. The third-order valence-corrected chi connectivity index (χ3v) is 3.39. The molecular formula is C18H16O. The van der Waals surface area contributed by atoms with E-state index in [-0.39, 0.29) is 6.61 Å². The lowest BCUT2D eigenvalue weighted by atomic mass is 9.97. The van der Waals surface area contributed by atoms with E-state index >= 15 is 0 Å². The Kier molecular flexibility index (Phi) is 3.30. The van der Waals surface area contributed by atoms with Crippen molar-refractivity contribution >= 4 is 27.6 Å². The van der Waals surface area contributed by atoms with Crippen LogP contribution in [0.2, 0.25) is 0 Å². The molecule has 0 radical (unpaired) electrons. The van der Waals surface area contributed by atoms with Crippen molar-refractivity contribution in [3.63, 3.8) is 0 Å². The molecule has 3 aromatic rings. The first-order valence-corrected chi connectivity index (χ1v) is 6.58. The van der Waals surface area contributed by atoms with Gasteiger partial charge < -0.3 is 5.11 Å². The monoisotopic (exact) mass is 248 g/mol. The van der Waals surface area contributed by atoms with Gasteiger partial charge >= 0.3 is 0 Å². The molecule has 0 fully saturated rings. The van der Waals surface area contributed by atoms with E-state index in [2.05, 4.69) is 60.7 Å². The van der Waals surface area contributed by atoms with Crippen LogP contribution in [0.5, 0.6) is 0 Å². The molecule has 3 rings (SSSR count). The molecule has 0 amide bonds. The molecule has 0 heterocycles. The Labute approximate surface area is 112 Å². The van der Waals surface area contributed by atoms with Crippen LogP contribution in [0.3, 0.4) is 0 Å². The lowest BCUT2D eigenvalue weighted by Gasteiger charge is -2.07. The van der Waals surface area contributed by atoms with Gasteiger partial charge in [0.25, 0.3) is 0 Å². The quantitative estimate of drug-likeness (QED) is 0.682. The van der Waals surface area contributed by atoms with Gasteiger partial charge in [0.05, 0.1) is 0 Å². The van der Waals surface area contributed by atoms with Crippen LogP contribution < -0.4 is 0 Å². The second kappa shape index (κ2) is 5.25. The van der Waals surface area contributed by atoms with Crippen LogP contribution in [0.15, 0.2) is 60.7 Å². The standard InChI is InChI=1S/C18H16O/c19-12-6-5-8-15-13-14-7-1-2-9-16(14)18-11-4-3-10-17(15)18/h1-5,7-11,13,19H,6,12H2. The molecule has 0 unspecified atom stereocenters. The topological polar surface area (TPSA) is 20.2 Å². The highest BCUT2D eigenvalue weighted by Gasteiger charge is 2.03. The van der Waals surface area contributed by atoms with E-state index in [1.165, 1.54) is 27.1 Å². The van der Waals surface area contributed by atoms with Crippen molar-refractivity contribution in [2.75, 3.05) is 6.61 Å². The van der Waals surface area contributed by atoms with Crippen LogP contribution in [0.4, 0.5) is 0 Å². The average molecular weight is 248 g/mol. The number of hydrogen-bond donors (Lipinski definition) is 1. The molecule has 0 saturated heterocycles. The highest BCUT2D eigenvalue weighted by Crippen LogP contribution is 2.29. The summed E-state index contributed by atoms with van der Waals surface area (Å²) in [5.74, 6) is 0. The molecule has 0 saturated carbocycles. The van der Waals surface area contributed by atoms with Gasteiger partial charge in [0.2, 0.25) is 0 Å². The van der Waals surface area contributed by atoms with Gasteiger partial charge in [0.15, 0.2) is 0 Å². The number of hydrogen-bond acceptors (Lipinski definition) is 1. The lowest BCUT2D eigenvalue weighted by Crippen LogP contribution is -1.83. The van der Waals surface area contributed by atoms with Gasteiger partial charge in [-0.1, -0.05) is 60.7 Å². The fourth-order valence-corrected chi connectivity index (χ4v) is 2.51. The molecule has 0 aliphatic carbocycles. The summed E-state index contributed by atoms with van der Waals surface area (Å²) >= 11 is 0. The molecule has 0 aromatic heterocycles. The number of fused-ring (bicyclic) bond motifs is 3. The van der Waals surface area contributed by atoms with E-state index < -0.39 is 0 Å². The highest BCUT2D eigenvalue weighted by atomic mass is 16.2. The van der Waals surface area contributed by atoms with Crippen molar-refractivity contribution in [3.8, 4) is 0 Å². The van der Waals surface area contributed by atoms with Gasteiger partial charge in [-0.25, -0.2) is 0 Å². The average Bonchev–Trinajstić information content (AvgIpc) is 2.47. The normalized spacial score (nSPS) is 11.6. The SMILES string of the molecule is OCCC=Cc1cc2ccccc2c2ccccc12. The Hall–Kier alpha value is -2.12. The molecule has 1 N–H and O–H groups in total. The van der Waals surface area contributed by atoms with E-state index in [9.17, 15) is 0 Å². The smallest absolute Gasteiger partial charge is 0.0465 e. The Balaban J connectivity index is 2.29. The fraction of sp³-hybridized carbons (Fsp3) is 0.111. The molecule has 94 valence electrons. The van der Waals surface area contributed by atoms with E-state index in [1.807, 2.05) is 6.08 Å². The molecule has 1 heteroatoms. The summed E-state index contributed by atoms with van der Waals surface area (Å²) in [4.78, 5) is 0. The van der Waals surface area contributed by atoms with Crippen LogP contribution in [-0.2, 0) is 0 Å². The van der Waals surface area contributed by atoms with Gasteiger partial charge in [-0.2, -0.15) is 0 Å². The first-order chi connectivity index (χ1) is 9.40. The van der Waals surface area contributed by atoms with Gasteiger partial charge in [0, 0.05) is 6.61 Å². The maximum absolute atomic E-state index is 8.88. The minimum Gasteiger partial charge on any atom is -0.396 e. The Morgan fingerprint density at radius 1 is 0.842 bits per heavy atom. The van der Waals surface area contributed by atoms with Gasteiger partial charge in [-0.15, -0.1) is 0 Å². The van der Waals surface area contributed by atoms with E-state index in [1.54, 1.807) is 0 Å². The van der Waals surface area contributed by atoms with E-state index in [0.717, 1.165) is 0 Å². The van der Waals surface area contributed by atoms with Crippen LogP contribution in [-0.4, -0.2) is 11.7 Å². The molecule has 0 spiro atoms. The summed E-state index contributed by atoms with van der Waals surface area (Å²) in [6.07, 6.45) is 4.82. The molecular weight excluding hydrogens is 232 g/mol. The lowest BCUT2D eigenvalue weighted by molar-refractivity contribution is 0.303. The second-order valence-corrected chi connectivity index (χ2v) is 4.65. The molecule has 0 bridgehead atoms. The zero-order valence-electron chi connectivity index (χ0n) is 10.7. The first kappa shape index (κ1) is 11.9. The van der Waals surface area contributed by atoms with Crippen LogP contribution in [0.25, 0.3) is 27.6 Å². The van der Waals surface area contributed by atoms with Crippen molar-refractivity contribution in [1.29, 1.82) is 0 Å². The zero-order valence-corrected chi connectivity index (χ0v) is 10.7. The minimum atomic E-state index is 0.196. The molecule has 3 aromatic carbocycles. The molecule has 0 aliphatic rings. The van der Waals surface area contributed by atoms with E-state index in [4.69, 9.17) is 5.11 Å². The number of rotatable bonds is 3. The summed E-state index contributed by atoms with van der Waals surface area (Å²) in [5.41, 5.74) is 1.21. The van der Waals surface area contributed by atoms with Crippen molar-refractivity contribution < 1.29 is 5.11 Å². The largest absolute Gasteiger partial charge is 0.396 e. The zero-order chi connectivity index (χ0) is 13.1. The van der Waals surface area contributed by atoms with Crippen molar-refractivity contribution in [3.05, 3.63) is 66.2 Å². The van der Waals surface area contributed by atoms with Gasteiger partial charge in [-0.05, 0) is 39.6 Å². The van der Waals surface area contributed by atoms with Gasteiger partial charge in [-0.3, -0.25) is 0 Å². The maximum atomic E-state index is 8.88. The number of aliphatic hydroxyl groups is 1. The number of benzene rings is 3. The third-order valence-electron chi connectivity index (χ3n) is 3.39. The van der Waals surface area contributed by atoms with Crippen molar-refractivity contribution in [1.82, 2.24) is 0 Å². The fourth-order valence-electron chi connectivity index (χ4n) is 2.51. The third kappa shape index (κ3) is 2.25. The second-order valence-electron chi connectivity index (χ2n) is 4.65. The highest BCUT2D eigenvalue weighted by molar-refractivity contribution is 6.10. The first-order valence-electron chi connectivity index (χ1n) is 6.58. The maximum Gasteiger partial charge on any atom is 0.0465 e. The van der Waals surface area contributed by atoms with Crippen molar-refractivity contribution in [2.24, 2.45) is 0 Å². The Morgan fingerprint density at radius 3 is 2.32 bits per heavy atom. The Bertz CT molecular complexity index is 741. The summed E-state index contributed by atoms with van der Waals surface area (Å²) < 4.78 is 0.